The lowest BCUT2D eigenvalue weighted by Crippen LogP contribution is -2.33. The summed E-state index contributed by atoms with van der Waals surface area (Å²) >= 11 is 17.7. The lowest BCUT2D eigenvalue weighted by molar-refractivity contribution is 0.797. The second kappa shape index (κ2) is 6.16. The SMILES string of the molecule is O=c1[nH]nc2n(Cc3ccc(C(Cl)(Cl)Cl)cc3)c3ccccc3n2c1=O. The Morgan fingerprint density at radius 1 is 0.962 bits per heavy atom. The highest BCUT2D eigenvalue weighted by atomic mass is 35.6. The number of aromatic amines is 1. The zero-order valence-corrected chi connectivity index (χ0v) is 15.4. The van der Waals surface area contributed by atoms with E-state index in [-0.39, 0.29) is 0 Å². The molecule has 0 saturated heterocycles. The molecule has 0 spiro atoms. The standard InChI is InChI=1S/C17H11Cl3N4O2/c18-17(19,20)11-7-5-10(6-8-11)9-23-12-3-1-2-4-13(12)24-15(26)14(25)21-22-16(23)24/h1-8H,9H2,(H,21,25). The van der Waals surface area contributed by atoms with Crippen LogP contribution in [0.1, 0.15) is 11.1 Å². The largest absolute Gasteiger partial charge is 0.330 e. The Labute approximate surface area is 161 Å². The molecule has 26 heavy (non-hydrogen) atoms. The molecule has 1 N–H and O–H groups in total. The molecule has 2 aromatic heterocycles. The van der Waals surface area contributed by atoms with Crippen LogP contribution in [0, 0.1) is 0 Å². The molecule has 4 rings (SSSR count). The molecule has 0 saturated carbocycles. The van der Waals surface area contributed by atoms with Gasteiger partial charge in [-0.3, -0.25) is 9.59 Å². The summed E-state index contributed by atoms with van der Waals surface area (Å²) < 4.78 is 1.67. The maximum atomic E-state index is 12.3. The Morgan fingerprint density at radius 3 is 2.27 bits per heavy atom. The Morgan fingerprint density at radius 2 is 1.62 bits per heavy atom. The summed E-state index contributed by atoms with van der Waals surface area (Å²) in [4.78, 5) is 24.0. The van der Waals surface area contributed by atoms with E-state index in [0.717, 1.165) is 11.1 Å². The van der Waals surface area contributed by atoms with Crippen LogP contribution in [0.2, 0.25) is 0 Å². The van der Waals surface area contributed by atoms with Crippen molar-refractivity contribution in [2.75, 3.05) is 0 Å². The van der Waals surface area contributed by atoms with Crippen molar-refractivity contribution in [1.29, 1.82) is 0 Å². The van der Waals surface area contributed by atoms with Crippen LogP contribution in [0.5, 0.6) is 0 Å². The van der Waals surface area contributed by atoms with Crippen LogP contribution in [0.25, 0.3) is 16.8 Å². The van der Waals surface area contributed by atoms with E-state index in [0.29, 0.717) is 23.4 Å². The fraction of sp³-hybridized carbons (Fsp3) is 0.118. The first-order valence-electron chi connectivity index (χ1n) is 7.61. The first-order chi connectivity index (χ1) is 12.4. The summed E-state index contributed by atoms with van der Waals surface area (Å²) in [6.45, 7) is 0.426. The van der Waals surface area contributed by atoms with Crippen molar-refractivity contribution in [2.24, 2.45) is 0 Å². The predicted molar refractivity (Wildman–Crippen MR) is 102 cm³/mol. The van der Waals surface area contributed by atoms with E-state index in [1.807, 2.05) is 28.8 Å². The molecule has 0 unspecified atom stereocenters. The van der Waals surface area contributed by atoms with Gasteiger partial charge in [-0.2, -0.15) is 0 Å². The second-order valence-electron chi connectivity index (χ2n) is 5.76. The molecule has 9 heteroatoms. The number of benzene rings is 2. The molecule has 6 nitrogen and oxygen atoms in total. The van der Waals surface area contributed by atoms with E-state index < -0.39 is 14.9 Å². The second-order valence-corrected chi connectivity index (χ2v) is 8.04. The van der Waals surface area contributed by atoms with E-state index in [2.05, 4.69) is 10.2 Å². The number of halogens is 3. The van der Waals surface area contributed by atoms with Crippen molar-refractivity contribution >= 4 is 51.6 Å². The summed E-state index contributed by atoms with van der Waals surface area (Å²) in [6.07, 6.45) is 0. The number of alkyl halides is 3. The highest BCUT2D eigenvalue weighted by molar-refractivity contribution is 6.66. The van der Waals surface area contributed by atoms with E-state index in [1.54, 1.807) is 24.3 Å². The van der Waals surface area contributed by atoms with Gasteiger partial charge in [0.05, 0.1) is 17.6 Å². The molecule has 132 valence electrons. The summed E-state index contributed by atoms with van der Waals surface area (Å²) in [7, 11) is 0. The number of imidazole rings is 1. The number of para-hydroxylation sites is 2. The van der Waals surface area contributed by atoms with Crippen molar-refractivity contribution in [3.8, 4) is 0 Å². The number of fused-ring (bicyclic) bond motifs is 3. The third-order valence-corrected chi connectivity index (χ3v) is 4.79. The van der Waals surface area contributed by atoms with Gasteiger partial charge < -0.3 is 4.57 Å². The quantitative estimate of drug-likeness (QED) is 0.408. The summed E-state index contributed by atoms with van der Waals surface area (Å²) in [5.41, 5.74) is 1.44. The maximum absolute atomic E-state index is 12.3. The number of aromatic nitrogens is 4. The Balaban J connectivity index is 1.90. The van der Waals surface area contributed by atoms with Crippen LogP contribution in [-0.2, 0) is 10.3 Å². The molecular weight excluding hydrogens is 399 g/mol. The van der Waals surface area contributed by atoms with Crippen molar-refractivity contribution in [3.63, 3.8) is 0 Å². The third-order valence-electron chi connectivity index (χ3n) is 4.13. The van der Waals surface area contributed by atoms with Crippen molar-refractivity contribution in [1.82, 2.24) is 19.2 Å². The fourth-order valence-electron chi connectivity index (χ4n) is 2.92. The highest BCUT2D eigenvalue weighted by Crippen LogP contribution is 2.38. The predicted octanol–water partition coefficient (Wildman–Crippen LogP) is 3.21. The normalized spacial score (nSPS) is 12.1. The number of H-pyrrole nitrogens is 1. The van der Waals surface area contributed by atoms with Crippen LogP contribution in [0.4, 0.5) is 0 Å². The molecule has 0 aliphatic heterocycles. The monoisotopic (exact) mass is 408 g/mol. The van der Waals surface area contributed by atoms with Crippen LogP contribution in [-0.4, -0.2) is 19.2 Å². The molecule has 0 radical (unpaired) electrons. The van der Waals surface area contributed by atoms with Crippen molar-refractivity contribution in [2.45, 2.75) is 10.3 Å². The molecule has 2 aromatic carbocycles. The number of hydrogen-bond donors (Lipinski definition) is 1. The zero-order valence-electron chi connectivity index (χ0n) is 13.1. The molecular formula is C17H11Cl3N4O2. The Bertz CT molecular complexity index is 1230. The fourth-order valence-corrected chi connectivity index (χ4v) is 3.29. The van der Waals surface area contributed by atoms with Crippen molar-refractivity contribution < 1.29 is 0 Å². The average molecular weight is 410 g/mol. The maximum Gasteiger partial charge on any atom is 0.330 e. The zero-order chi connectivity index (χ0) is 18.5. The van der Waals surface area contributed by atoms with Gasteiger partial charge in [-0.1, -0.05) is 71.2 Å². The topological polar surface area (TPSA) is 72.2 Å². The summed E-state index contributed by atoms with van der Waals surface area (Å²) in [5.74, 6) is 0.348. The van der Waals surface area contributed by atoms with Gasteiger partial charge in [0.15, 0.2) is 0 Å². The van der Waals surface area contributed by atoms with Crippen LogP contribution in [0.3, 0.4) is 0 Å². The number of hydrogen-bond acceptors (Lipinski definition) is 3. The molecule has 2 heterocycles. The van der Waals surface area contributed by atoms with Gasteiger partial charge >= 0.3 is 11.1 Å². The van der Waals surface area contributed by atoms with E-state index >= 15 is 0 Å². The average Bonchev–Trinajstić information content (AvgIpc) is 2.92. The third kappa shape index (κ3) is 2.80. The van der Waals surface area contributed by atoms with Crippen molar-refractivity contribution in [3.05, 3.63) is 80.4 Å². The molecule has 0 amide bonds. The number of nitrogens with one attached hydrogen (secondary N) is 1. The first-order valence-corrected chi connectivity index (χ1v) is 8.74. The number of nitrogens with zero attached hydrogens (tertiary/aromatic N) is 3. The molecule has 4 aromatic rings. The number of rotatable bonds is 2. The van der Waals surface area contributed by atoms with Gasteiger partial charge in [-0.05, 0) is 17.7 Å². The smallest absolute Gasteiger partial charge is 0.304 e. The lowest BCUT2D eigenvalue weighted by Gasteiger charge is -2.12. The van der Waals surface area contributed by atoms with Crippen LogP contribution < -0.4 is 11.1 Å². The van der Waals surface area contributed by atoms with Crippen LogP contribution >= 0.6 is 34.8 Å². The minimum atomic E-state index is -1.49. The minimum absolute atomic E-state index is 0.348. The Hall–Kier alpha value is -2.28. The lowest BCUT2D eigenvalue weighted by atomic mass is 10.1. The van der Waals surface area contributed by atoms with Gasteiger partial charge in [0, 0.05) is 5.56 Å². The first kappa shape index (κ1) is 17.1. The van der Waals surface area contributed by atoms with E-state index in [1.165, 1.54) is 4.40 Å². The molecule has 0 bridgehead atoms. The van der Waals surface area contributed by atoms with Gasteiger partial charge in [-0.15, -0.1) is 5.10 Å². The van der Waals surface area contributed by atoms with E-state index in [9.17, 15) is 9.59 Å². The van der Waals surface area contributed by atoms with Gasteiger partial charge in [0.25, 0.3) is 0 Å². The van der Waals surface area contributed by atoms with Crippen LogP contribution in [0.15, 0.2) is 58.1 Å². The highest BCUT2D eigenvalue weighted by Gasteiger charge is 2.22. The molecule has 0 aliphatic carbocycles. The van der Waals surface area contributed by atoms with E-state index in [4.69, 9.17) is 34.8 Å². The van der Waals surface area contributed by atoms with Gasteiger partial charge in [0.1, 0.15) is 0 Å². The molecule has 0 atom stereocenters. The molecule has 0 aliphatic rings. The molecule has 0 fully saturated rings. The summed E-state index contributed by atoms with van der Waals surface area (Å²) in [5, 5.41) is 6.30. The minimum Gasteiger partial charge on any atom is -0.304 e. The van der Waals surface area contributed by atoms with Gasteiger partial charge in [-0.25, -0.2) is 9.50 Å². The summed E-state index contributed by atoms with van der Waals surface area (Å²) in [6, 6.07) is 14.4. The van der Waals surface area contributed by atoms with Gasteiger partial charge in [0.2, 0.25) is 9.57 Å². The Kier molecular flexibility index (Phi) is 4.06.